The third-order valence-electron chi connectivity index (χ3n) is 3.55. The first-order chi connectivity index (χ1) is 8.61. The summed E-state index contributed by atoms with van der Waals surface area (Å²) in [5, 5.41) is 2.90. The molecular weight excluding hydrogens is 262 g/mol. The Kier molecular flexibility index (Phi) is 5.79. The molecule has 1 saturated heterocycles. The maximum Gasteiger partial charge on any atom is 0.238 e. The summed E-state index contributed by atoms with van der Waals surface area (Å²) >= 11 is 0. The zero-order chi connectivity index (χ0) is 13.0. The number of nitrogens with one attached hydrogen (secondary N) is 1. The van der Waals surface area contributed by atoms with Gasteiger partial charge in [-0.05, 0) is 37.1 Å². The van der Waals surface area contributed by atoms with Gasteiger partial charge in [0.1, 0.15) is 0 Å². The van der Waals surface area contributed by atoms with Gasteiger partial charge >= 0.3 is 0 Å². The predicted molar refractivity (Wildman–Crippen MR) is 80.5 cm³/mol. The zero-order valence-electron chi connectivity index (χ0n) is 11.3. The lowest BCUT2D eigenvalue weighted by Gasteiger charge is -2.22. The average molecular weight is 284 g/mol. The highest BCUT2D eigenvalue weighted by Gasteiger charge is 2.32. The van der Waals surface area contributed by atoms with Gasteiger partial charge in [-0.3, -0.25) is 9.69 Å². The highest BCUT2D eigenvalue weighted by Crippen LogP contribution is 2.28. The van der Waals surface area contributed by atoms with Crippen molar-refractivity contribution >= 4 is 24.0 Å². The molecule has 0 aromatic heterocycles. The Morgan fingerprint density at radius 2 is 2.11 bits per heavy atom. The number of para-hydroxylation sites is 1. The first-order valence-electron chi connectivity index (χ1n) is 6.39. The number of nitrogens with two attached hydrogens (primary N) is 1. The van der Waals surface area contributed by atoms with E-state index < -0.39 is 0 Å². The summed E-state index contributed by atoms with van der Waals surface area (Å²) in [5.74, 6) is 0.0440. The van der Waals surface area contributed by atoms with E-state index >= 15 is 0 Å². The van der Waals surface area contributed by atoms with Crippen molar-refractivity contribution in [1.29, 1.82) is 0 Å². The molecule has 0 spiro atoms. The quantitative estimate of drug-likeness (QED) is 0.885. The van der Waals surface area contributed by atoms with Crippen LogP contribution < -0.4 is 11.1 Å². The number of rotatable bonds is 4. The number of hydrogen-bond acceptors (Lipinski definition) is 3. The van der Waals surface area contributed by atoms with Gasteiger partial charge in [0, 0.05) is 12.2 Å². The fourth-order valence-corrected chi connectivity index (χ4v) is 2.35. The van der Waals surface area contributed by atoms with Crippen LogP contribution in [0.4, 0.5) is 5.69 Å². The van der Waals surface area contributed by atoms with Gasteiger partial charge in [-0.15, -0.1) is 12.4 Å². The number of carbonyl (C=O) groups excluding carboxylic acids is 1. The smallest absolute Gasteiger partial charge is 0.238 e. The number of halogens is 1. The molecule has 2 rings (SSSR count). The van der Waals surface area contributed by atoms with Gasteiger partial charge in [0.15, 0.2) is 0 Å². The summed E-state index contributed by atoms with van der Waals surface area (Å²) in [5.41, 5.74) is 6.78. The lowest BCUT2D eigenvalue weighted by Crippen LogP contribution is -2.35. The van der Waals surface area contributed by atoms with Gasteiger partial charge in [-0.2, -0.15) is 0 Å². The molecule has 1 aromatic carbocycles. The number of amides is 1. The van der Waals surface area contributed by atoms with Crippen LogP contribution in [-0.2, 0) is 4.79 Å². The van der Waals surface area contributed by atoms with Crippen molar-refractivity contribution in [2.24, 2.45) is 11.1 Å². The van der Waals surface area contributed by atoms with Crippen molar-refractivity contribution < 1.29 is 4.79 Å². The highest BCUT2D eigenvalue weighted by molar-refractivity contribution is 5.92. The van der Waals surface area contributed by atoms with Crippen LogP contribution in [-0.4, -0.2) is 37.0 Å². The van der Waals surface area contributed by atoms with E-state index in [1.807, 2.05) is 30.3 Å². The number of hydrogen-bond donors (Lipinski definition) is 2. The van der Waals surface area contributed by atoms with Gasteiger partial charge < -0.3 is 11.1 Å². The summed E-state index contributed by atoms with van der Waals surface area (Å²) in [6, 6.07) is 9.55. The second-order valence-electron chi connectivity index (χ2n) is 5.39. The van der Waals surface area contributed by atoms with Gasteiger partial charge in [-0.25, -0.2) is 0 Å². The monoisotopic (exact) mass is 283 g/mol. The molecular formula is C14H22ClN3O. The first kappa shape index (κ1) is 16.0. The lowest BCUT2D eigenvalue weighted by molar-refractivity contribution is -0.117. The molecule has 0 radical (unpaired) electrons. The minimum Gasteiger partial charge on any atom is -0.330 e. The summed E-state index contributed by atoms with van der Waals surface area (Å²) in [6.45, 7) is 5.18. The molecule has 1 atom stereocenters. The molecule has 1 unspecified atom stereocenters. The van der Waals surface area contributed by atoms with E-state index in [2.05, 4.69) is 17.1 Å². The van der Waals surface area contributed by atoms with Crippen LogP contribution >= 0.6 is 12.4 Å². The molecule has 1 amide bonds. The van der Waals surface area contributed by atoms with Gasteiger partial charge in [0.2, 0.25) is 5.91 Å². The van der Waals surface area contributed by atoms with Gasteiger partial charge in [0.05, 0.1) is 6.54 Å². The lowest BCUT2D eigenvalue weighted by atomic mass is 9.90. The third kappa shape index (κ3) is 4.49. The third-order valence-corrected chi connectivity index (χ3v) is 3.55. The van der Waals surface area contributed by atoms with Crippen molar-refractivity contribution in [1.82, 2.24) is 4.90 Å². The molecule has 0 bridgehead atoms. The van der Waals surface area contributed by atoms with Crippen molar-refractivity contribution in [2.45, 2.75) is 13.3 Å². The molecule has 1 aliphatic heterocycles. The maximum atomic E-state index is 11.9. The van der Waals surface area contributed by atoms with E-state index in [1.165, 1.54) is 0 Å². The van der Waals surface area contributed by atoms with Gasteiger partial charge in [-0.1, -0.05) is 25.1 Å². The SMILES string of the molecule is CC1(CN)CCN(CC(=O)Nc2ccccc2)C1.Cl. The van der Waals surface area contributed by atoms with Crippen LogP contribution in [0.5, 0.6) is 0 Å². The van der Waals surface area contributed by atoms with E-state index in [0.29, 0.717) is 13.1 Å². The van der Waals surface area contributed by atoms with E-state index in [9.17, 15) is 4.79 Å². The topological polar surface area (TPSA) is 58.4 Å². The number of likely N-dealkylation sites (tertiary alicyclic amines) is 1. The Morgan fingerprint density at radius 3 is 2.68 bits per heavy atom. The van der Waals surface area contributed by atoms with Crippen LogP contribution in [0.15, 0.2) is 30.3 Å². The van der Waals surface area contributed by atoms with Crippen LogP contribution in [0, 0.1) is 5.41 Å². The van der Waals surface area contributed by atoms with Crippen molar-refractivity contribution in [2.75, 3.05) is 31.5 Å². The number of benzene rings is 1. The second kappa shape index (κ2) is 6.89. The Balaban J connectivity index is 0.00000180. The summed E-state index contributed by atoms with van der Waals surface area (Å²) in [4.78, 5) is 14.1. The standard InChI is InChI=1S/C14H21N3O.ClH/c1-14(10-15)7-8-17(11-14)9-13(18)16-12-5-3-2-4-6-12;/h2-6H,7-11,15H2,1H3,(H,16,18);1H. The predicted octanol–water partition coefficient (Wildman–Crippen LogP) is 1.72. The molecule has 3 N–H and O–H groups in total. The van der Waals surface area contributed by atoms with Crippen LogP contribution in [0.3, 0.4) is 0 Å². The van der Waals surface area contributed by atoms with Crippen molar-refractivity contribution in [3.63, 3.8) is 0 Å². The van der Waals surface area contributed by atoms with Gasteiger partial charge in [0.25, 0.3) is 0 Å². The molecule has 0 saturated carbocycles. The van der Waals surface area contributed by atoms with Crippen LogP contribution in [0.25, 0.3) is 0 Å². The molecule has 1 fully saturated rings. The van der Waals surface area contributed by atoms with Crippen LogP contribution in [0.2, 0.25) is 0 Å². The number of anilines is 1. The molecule has 1 aromatic rings. The summed E-state index contributed by atoms with van der Waals surface area (Å²) in [7, 11) is 0. The first-order valence-corrected chi connectivity index (χ1v) is 6.39. The Labute approximate surface area is 120 Å². The fraction of sp³-hybridized carbons (Fsp3) is 0.500. The largest absolute Gasteiger partial charge is 0.330 e. The normalized spacial score (nSPS) is 22.8. The Bertz CT molecular complexity index is 412. The number of carbonyl (C=O) groups is 1. The minimum absolute atomic E-state index is 0. The average Bonchev–Trinajstić information content (AvgIpc) is 2.73. The van der Waals surface area contributed by atoms with Crippen LogP contribution in [0.1, 0.15) is 13.3 Å². The molecule has 106 valence electrons. The summed E-state index contributed by atoms with van der Waals surface area (Å²) in [6.07, 6.45) is 1.07. The summed E-state index contributed by atoms with van der Waals surface area (Å²) < 4.78 is 0. The van der Waals surface area contributed by atoms with E-state index in [-0.39, 0.29) is 23.7 Å². The molecule has 1 heterocycles. The maximum absolute atomic E-state index is 11.9. The highest BCUT2D eigenvalue weighted by atomic mass is 35.5. The van der Waals surface area contributed by atoms with E-state index in [1.54, 1.807) is 0 Å². The van der Waals surface area contributed by atoms with Crippen molar-refractivity contribution in [3.8, 4) is 0 Å². The number of nitrogens with zero attached hydrogens (tertiary/aromatic N) is 1. The molecule has 1 aliphatic rings. The zero-order valence-corrected chi connectivity index (χ0v) is 12.1. The fourth-order valence-electron chi connectivity index (χ4n) is 2.35. The van der Waals surface area contributed by atoms with E-state index in [4.69, 9.17) is 5.73 Å². The molecule has 19 heavy (non-hydrogen) atoms. The Hall–Kier alpha value is -1.10. The molecule has 0 aliphatic carbocycles. The van der Waals surface area contributed by atoms with E-state index in [0.717, 1.165) is 25.2 Å². The Morgan fingerprint density at radius 1 is 1.42 bits per heavy atom. The molecule has 5 heteroatoms. The molecule has 4 nitrogen and oxygen atoms in total. The second-order valence-corrected chi connectivity index (χ2v) is 5.39. The minimum atomic E-state index is 0. The van der Waals surface area contributed by atoms with Crippen molar-refractivity contribution in [3.05, 3.63) is 30.3 Å².